The zero-order chi connectivity index (χ0) is 13.4. The van der Waals surface area contributed by atoms with Gasteiger partial charge in [0.1, 0.15) is 0 Å². The Morgan fingerprint density at radius 3 is 2.39 bits per heavy atom. The van der Waals surface area contributed by atoms with E-state index in [9.17, 15) is 4.79 Å². The number of rotatable bonds is 7. The van der Waals surface area contributed by atoms with Gasteiger partial charge in [0.15, 0.2) is 0 Å². The lowest BCUT2D eigenvalue weighted by atomic mass is 10.0. The summed E-state index contributed by atoms with van der Waals surface area (Å²) in [4.78, 5) is 11.8. The van der Waals surface area contributed by atoms with E-state index in [-0.39, 0.29) is 5.91 Å². The number of carbonyl (C=O) groups excluding carboxylic acids is 1. The van der Waals surface area contributed by atoms with Gasteiger partial charge in [-0.25, -0.2) is 0 Å². The van der Waals surface area contributed by atoms with Crippen LogP contribution in [-0.4, -0.2) is 25.5 Å². The Labute approximate surface area is 110 Å². The molecule has 0 spiro atoms. The van der Waals surface area contributed by atoms with Crippen LogP contribution in [-0.2, 0) is 0 Å². The predicted octanol–water partition coefficient (Wildman–Crippen LogP) is 2.54. The monoisotopic (exact) mass is 248 g/mol. The predicted molar refractivity (Wildman–Crippen MR) is 76.0 cm³/mol. The third-order valence-corrected chi connectivity index (χ3v) is 2.91. The van der Waals surface area contributed by atoms with Crippen LogP contribution >= 0.6 is 0 Å². The molecule has 1 aromatic carbocycles. The van der Waals surface area contributed by atoms with E-state index in [1.165, 1.54) is 5.56 Å². The van der Waals surface area contributed by atoms with Crippen LogP contribution in [0.3, 0.4) is 0 Å². The molecule has 3 nitrogen and oxygen atoms in total. The summed E-state index contributed by atoms with van der Waals surface area (Å²) in [6.45, 7) is 9.02. The van der Waals surface area contributed by atoms with Crippen molar-refractivity contribution < 1.29 is 4.79 Å². The Morgan fingerprint density at radius 2 is 1.83 bits per heavy atom. The Balaban J connectivity index is 2.37. The lowest BCUT2D eigenvalue weighted by Crippen LogP contribution is -2.27. The molecule has 2 N–H and O–H groups in total. The Morgan fingerprint density at radius 1 is 1.17 bits per heavy atom. The minimum atomic E-state index is 0.0156. The van der Waals surface area contributed by atoms with Gasteiger partial charge in [0.2, 0.25) is 0 Å². The van der Waals surface area contributed by atoms with Crippen LogP contribution in [0.2, 0.25) is 0 Å². The van der Waals surface area contributed by atoms with Gasteiger partial charge >= 0.3 is 0 Å². The van der Waals surface area contributed by atoms with Gasteiger partial charge in [-0.3, -0.25) is 4.79 Å². The zero-order valence-corrected chi connectivity index (χ0v) is 11.6. The van der Waals surface area contributed by atoms with Crippen molar-refractivity contribution in [1.82, 2.24) is 10.6 Å². The fourth-order valence-corrected chi connectivity index (χ4v) is 1.71. The highest BCUT2D eigenvalue weighted by Gasteiger charge is 2.05. The molecular weight excluding hydrogens is 224 g/mol. The van der Waals surface area contributed by atoms with E-state index in [1.54, 1.807) is 0 Å². The second-order valence-electron chi connectivity index (χ2n) is 4.74. The number of hydrogen-bond donors (Lipinski definition) is 2. The van der Waals surface area contributed by atoms with Crippen molar-refractivity contribution in [3.05, 3.63) is 35.4 Å². The van der Waals surface area contributed by atoms with Crippen LogP contribution in [0.4, 0.5) is 0 Å². The number of benzene rings is 1. The molecule has 100 valence electrons. The van der Waals surface area contributed by atoms with Crippen molar-refractivity contribution in [1.29, 1.82) is 0 Å². The average molecular weight is 248 g/mol. The molecule has 0 saturated carbocycles. The topological polar surface area (TPSA) is 41.1 Å². The van der Waals surface area contributed by atoms with E-state index in [0.29, 0.717) is 5.92 Å². The van der Waals surface area contributed by atoms with Gasteiger partial charge in [-0.05, 0) is 43.1 Å². The first-order chi connectivity index (χ1) is 8.65. The minimum Gasteiger partial charge on any atom is -0.352 e. The van der Waals surface area contributed by atoms with E-state index >= 15 is 0 Å². The molecule has 0 unspecified atom stereocenters. The molecular formula is C15H24N2O. The zero-order valence-electron chi connectivity index (χ0n) is 11.6. The SMILES string of the molecule is CCNCCCNC(=O)c1ccc(C(C)C)cc1. The van der Waals surface area contributed by atoms with Gasteiger partial charge in [0, 0.05) is 12.1 Å². The number of amides is 1. The van der Waals surface area contributed by atoms with E-state index in [0.717, 1.165) is 31.6 Å². The molecule has 18 heavy (non-hydrogen) atoms. The maximum absolute atomic E-state index is 11.8. The van der Waals surface area contributed by atoms with Crippen LogP contribution < -0.4 is 10.6 Å². The van der Waals surface area contributed by atoms with Crippen LogP contribution in [0.1, 0.15) is 49.0 Å². The highest BCUT2D eigenvalue weighted by molar-refractivity contribution is 5.94. The van der Waals surface area contributed by atoms with Crippen molar-refractivity contribution in [3.63, 3.8) is 0 Å². The first-order valence-electron chi connectivity index (χ1n) is 6.74. The normalized spacial score (nSPS) is 10.7. The average Bonchev–Trinajstić information content (AvgIpc) is 2.38. The lowest BCUT2D eigenvalue weighted by molar-refractivity contribution is 0.0953. The Bertz CT molecular complexity index is 357. The Hall–Kier alpha value is -1.35. The Kier molecular flexibility index (Phi) is 6.44. The third kappa shape index (κ3) is 4.88. The second kappa shape index (κ2) is 7.88. The summed E-state index contributed by atoms with van der Waals surface area (Å²) in [6.07, 6.45) is 0.962. The summed E-state index contributed by atoms with van der Waals surface area (Å²) < 4.78 is 0. The highest BCUT2D eigenvalue weighted by atomic mass is 16.1. The first kappa shape index (κ1) is 14.7. The van der Waals surface area contributed by atoms with Crippen molar-refractivity contribution in [2.24, 2.45) is 0 Å². The smallest absolute Gasteiger partial charge is 0.251 e. The van der Waals surface area contributed by atoms with Crippen LogP contribution in [0.5, 0.6) is 0 Å². The van der Waals surface area contributed by atoms with Crippen LogP contribution in [0.15, 0.2) is 24.3 Å². The number of hydrogen-bond acceptors (Lipinski definition) is 2. The molecule has 0 atom stereocenters. The van der Waals surface area contributed by atoms with E-state index < -0.39 is 0 Å². The molecule has 0 aromatic heterocycles. The van der Waals surface area contributed by atoms with Gasteiger partial charge in [0.25, 0.3) is 5.91 Å². The summed E-state index contributed by atoms with van der Waals surface area (Å²) in [7, 11) is 0. The lowest BCUT2D eigenvalue weighted by Gasteiger charge is -2.08. The molecule has 0 heterocycles. The fraction of sp³-hybridized carbons (Fsp3) is 0.533. The summed E-state index contributed by atoms with van der Waals surface area (Å²) in [5.74, 6) is 0.518. The van der Waals surface area contributed by atoms with Gasteiger partial charge in [0.05, 0.1) is 0 Å². The van der Waals surface area contributed by atoms with Crippen molar-refractivity contribution in [2.45, 2.75) is 33.1 Å². The van der Waals surface area contributed by atoms with Crippen LogP contribution in [0.25, 0.3) is 0 Å². The molecule has 0 bridgehead atoms. The largest absolute Gasteiger partial charge is 0.352 e. The summed E-state index contributed by atoms with van der Waals surface area (Å²) in [5, 5.41) is 6.16. The van der Waals surface area contributed by atoms with Gasteiger partial charge < -0.3 is 10.6 Å². The standard InChI is InChI=1S/C15H24N2O/c1-4-16-10-5-11-17-15(18)14-8-6-13(7-9-14)12(2)3/h6-9,12,16H,4-5,10-11H2,1-3H3,(H,17,18). The van der Waals surface area contributed by atoms with Gasteiger partial charge in [-0.1, -0.05) is 32.9 Å². The van der Waals surface area contributed by atoms with E-state index in [4.69, 9.17) is 0 Å². The van der Waals surface area contributed by atoms with E-state index in [1.807, 2.05) is 24.3 Å². The van der Waals surface area contributed by atoms with Gasteiger partial charge in [-0.15, -0.1) is 0 Å². The second-order valence-corrected chi connectivity index (χ2v) is 4.74. The van der Waals surface area contributed by atoms with Crippen molar-refractivity contribution in [2.75, 3.05) is 19.6 Å². The molecule has 3 heteroatoms. The molecule has 0 aliphatic carbocycles. The number of nitrogens with one attached hydrogen (secondary N) is 2. The fourth-order valence-electron chi connectivity index (χ4n) is 1.71. The molecule has 0 aliphatic heterocycles. The van der Waals surface area contributed by atoms with Crippen LogP contribution in [0, 0.1) is 0 Å². The van der Waals surface area contributed by atoms with Crippen molar-refractivity contribution >= 4 is 5.91 Å². The third-order valence-electron chi connectivity index (χ3n) is 2.91. The molecule has 0 aliphatic rings. The van der Waals surface area contributed by atoms with Gasteiger partial charge in [-0.2, -0.15) is 0 Å². The number of carbonyl (C=O) groups is 1. The molecule has 0 radical (unpaired) electrons. The summed E-state index contributed by atoms with van der Waals surface area (Å²) in [5.41, 5.74) is 2.00. The molecule has 0 saturated heterocycles. The maximum atomic E-state index is 11.8. The quantitative estimate of drug-likeness (QED) is 0.728. The molecule has 1 aromatic rings. The highest BCUT2D eigenvalue weighted by Crippen LogP contribution is 2.14. The molecule has 0 fully saturated rings. The maximum Gasteiger partial charge on any atom is 0.251 e. The van der Waals surface area contributed by atoms with Crippen molar-refractivity contribution in [3.8, 4) is 0 Å². The minimum absolute atomic E-state index is 0.0156. The molecule has 1 amide bonds. The summed E-state index contributed by atoms with van der Waals surface area (Å²) in [6, 6.07) is 7.85. The molecule has 1 rings (SSSR count). The summed E-state index contributed by atoms with van der Waals surface area (Å²) >= 11 is 0. The first-order valence-corrected chi connectivity index (χ1v) is 6.74. The van der Waals surface area contributed by atoms with E-state index in [2.05, 4.69) is 31.4 Å².